The molecule has 0 unspecified atom stereocenters. The van der Waals surface area contributed by atoms with Gasteiger partial charge in [-0.15, -0.1) is 15.0 Å². The third-order valence-electron chi connectivity index (χ3n) is 9.49. The minimum atomic E-state index is 0.853. The second-order valence-corrected chi connectivity index (χ2v) is 12.0. The smallest absolute Gasteiger partial charge is 0.121 e. The monoisotopic (exact) mass is 598 g/mol. The summed E-state index contributed by atoms with van der Waals surface area (Å²) in [6.45, 7) is 0. The second kappa shape index (κ2) is 10.1. The molecule has 0 aliphatic heterocycles. The first-order valence-electron chi connectivity index (χ1n) is 15.9. The zero-order valence-corrected chi connectivity index (χ0v) is 25.3. The lowest BCUT2D eigenvalue weighted by atomic mass is 9.83. The highest BCUT2D eigenvalue weighted by Crippen LogP contribution is 2.47. The van der Waals surface area contributed by atoms with Gasteiger partial charge >= 0.3 is 0 Å². The highest BCUT2D eigenvalue weighted by Gasteiger charge is 2.21. The van der Waals surface area contributed by atoms with Crippen LogP contribution in [-0.4, -0.2) is 20.0 Å². The Hall–Kier alpha value is -6.39. The molecule has 0 spiro atoms. The summed E-state index contributed by atoms with van der Waals surface area (Å²) in [6, 6.07) is 53.9. The van der Waals surface area contributed by atoms with Crippen molar-refractivity contribution in [2.75, 3.05) is 0 Å². The number of rotatable bonds is 3. The molecule has 0 saturated carbocycles. The molecule has 0 radical (unpaired) electrons. The fourth-order valence-corrected chi connectivity index (χ4v) is 7.47. The van der Waals surface area contributed by atoms with E-state index in [9.17, 15) is 0 Å². The van der Waals surface area contributed by atoms with Crippen molar-refractivity contribution < 1.29 is 0 Å². The summed E-state index contributed by atoms with van der Waals surface area (Å²) >= 11 is 0. The third-order valence-corrected chi connectivity index (χ3v) is 9.49. The third kappa shape index (κ3) is 3.85. The van der Waals surface area contributed by atoms with E-state index >= 15 is 0 Å². The van der Waals surface area contributed by atoms with E-state index in [0.29, 0.717) is 0 Å². The van der Waals surface area contributed by atoms with Gasteiger partial charge in [0.15, 0.2) is 0 Å². The van der Waals surface area contributed by atoms with E-state index in [1.165, 1.54) is 49.0 Å². The summed E-state index contributed by atoms with van der Waals surface area (Å²) in [5, 5.41) is 20.8. The van der Waals surface area contributed by atoms with E-state index in [4.69, 9.17) is 10.2 Å². The lowest BCUT2D eigenvalue weighted by Crippen LogP contribution is -1.99. The van der Waals surface area contributed by atoms with Crippen molar-refractivity contribution in [2.24, 2.45) is 0 Å². The molecule has 2 aromatic heterocycles. The summed E-state index contributed by atoms with van der Waals surface area (Å²) in [7, 11) is 0. The van der Waals surface area contributed by atoms with Gasteiger partial charge in [-0.05, 0) is 90.3 Å². The van der Waals surface area contributed by atoms with E-state index in [1.54, 1.807) is 4.80 Å². The van der Waals surface area contributed by atoms with Gasteiger partial charge in [0.05, 0.1) is 11.2 Å². The van der Waals surface area contributed by atoms with Gasteiger partial charge in [0.2, 0.25) is 0 Å². The predicted octanol–water partition coefficient (Wildman–Crippen LogP) is 10.9. The van der Waals surface area contributed by atoms with Crippen LogP contribution in [0.15, 0.2) is 158 Å². The van der Waals surface area contributed by atoms with E-state index in [0.717, 1.165) is 44.0 Å². The van der Waals surface area contributed by atoms with Gasteiger partial charge < -0.3 is 0 Å². The molecule has 10 aromatic rings. The van der Waals surface area contributed by atoms with Gasteiger partial charge in [-0.2, -0.15) is 0 Å². The molecule has 8 aromatic carbocycles. The fourth-order valence-electron chi connectivity index (χ4n) is 7.47. The standard InChI is InChI=1S/C43H26N4/c1-2-14-28-27(12-1)13-9-21-30(28)41-31-16-4-6-18-33(31)42(34-19-7-5-17-32(34)41)37-26-39-43(35-20-8-3-15-29(35)37)46-47(45-39)40-24-10-23-38-36(40)22-11-25-44-38/h1-26H. The van der Waals surface area contributed by atoms with Crippen LogP contribution in [0.5, 0.6) is 0 Å². The molecule has 0 fully saturated rings. The first-order chi connectivity index (χ1) is 23.3. The van der Waals surface area contributed by atoms with Crippen LogP contribution in [-0.2, 0) is 0 Å². The molecule has 218 valence electrons. The van der Waals surface area contributed by atoms with Crippen LogP contribution < -0.4 is 0 Å². The minimum absolute atomic E-state index is 0.853. The number of pyridine rings is 1. The quantitative estimate of drug-likeness (QED) is 0.190. The summed E-state index contributed by atoms with van der Waals surface area (Å²) in [6.07, 6.45) is 1.82. The van der Waals surface area contributed by atoms with E-state index < -0.39 is 0 Å². The number of aromatic nitrogens is 4. The van der Waals surface area contributed by atoms with Crippen LogP contribution in [0.2, 0.25) is 0 Å². The van der Waals surface area contributed by atoms with Crippen LogP contribution in [0.4, 0.5) is 0 Å². The van der Waals surface area contributed by atoms with Crippen molar-refractivity contribution in [3.05, 3.63) is 158 Å². The van der Waals surface area contributed by atoms with Crippen molar-refractivity contribution in [2.45, 2.75) is 0 Å². The van der Waals surface area contributed by atoms with Crippen LogP contribution in [0, 0.1) is 0 Å². The first-order valence-corrected chi connectivity index (χ1v) is 15.9. The molecule has 0 N–H and O–H groups in total. The lowest BCUT2D eigenvalue weighted by molar-refractivity contribution is 0.771. The highest BCUT2D eigenvalue weighted by atomic mass is 15.5. The zero-order valence-electron chi connectivity index (χ0n) is 25.3. The predicted molar refractivity (Wildman–Crippen MR) is 195 cm³/mol. The molecular formula is C43H26N4. The maximum atomic E-state index is 5.11. The molecule has 10 rings (SSSR count). The molecule has 0 aliphatic carbocycles. The fraction of sp³-hybridized carbons (Fsp3) is 0. The first kappa shape index (κ1) is 25.9. The van der Waals surface area contributed by atoms with E-state index in [-0.39, 0.29) is 0 Å². The van der Waals surface area contributed by atoms with Crippen molar-refractivity contribution in [1.29, 1.82) is 0 Å². The maximum absolute atomic E-state index is 5.11. The number of hydrogen-bond acceptors (Lipinski definition) is 3. The average molecular weight is 599 g/mol. The van der Waals surface area contributed by atoms with E-state index in [2.05, 4.69) is 138 Å². The van der Waals surface area contributed by atoms with Gasteiger partial charge in [-0.25, -0.2) is 0 Å². The Kier molecular flexibility index (Phi) is 5.54. The molecule has 4 heteroatoms. The molecule has 4 nitrogen and oxygen atoms in total. The van der Waals surface area contributed by atoms with Crippen molar-refractivity contribution in [1.82, 2.24) is 20.0 Å². The number of nitrogens with zero attached hydrogens (tertiary/aromatic N) is 4. The molecule has 47 heavy (non-hydrogen) atoms. The van der Waals surface area contributed by atoms with Crippen LogP contribution >= 0.6 is 0 Å². The van der Waals surface area contributed by atoms with Crippen molar-refractivity contribution in [3.8, 4) is 27.9 Å². The number of fused-ring (bicyclic) bond motifs is 7. The van der Waals surface area contributed by atoms with Gasteiger partial charge in [0.1, 0.15) is 11.0 Å². The summed E-state index contributed by atoms with van der Waals surface area (Å²) in [5.41, 5.74) is 8.43. The Morgan fingerprint density at radius 2 is 0.957 bits per heavy atom. The van der Waals surface area contributed by atoms with Crippen molar-refractivity contribution in [3.63, 3.8) is 0 Å². The average Bonchev–Trinajstić information content (AvgIpc) is 3.57. The second-order valence-electron chi connectivity index (χ2n) is 12.0. The maximum Gasteiger partial charge on any atom is 0.121 e. The molecule has 0 atom stereocenters. The van der Waals surface area contributed by atoms with Crippen molar-refractivity contribution >= 4 is 65.0 Å². The Morgan fingerprint density at radius 3 is 1.70 bits per heavy atom. The molecule has 0 saturated heterocycles. The Bertz CT molecular complexity index is 2800. The topological polar surface area (TPSA) is 43.6 Å². The van der Waals surface area contributed by atoms with Gasteiger partial charge in [0, 0.05) is 17.0 Å². The van der Waals surface area contributed by atoms with E-state index in [1.807, 2.05) is 24.4 Å². The minimum Gasteiger partial charge on any atom is -0.256 e. The Labute approximate surface area is 270 Å². The summed E-state index contributed by atoms with van der Waals surface area (Å²) in [4.78, 5) is 6.33. The van der Waals surface area contributed by atoms with Gasteiger partial charge in [0.25, 0.3) is 0 Å². The Balaban J connectivity index is 1.32. The molecule has 0 aliphatic rings. The highest BCUT2D eigenvalue weighted by molar-refractivity contribution is 6.26. The molecule has 0 amide bonds. The van der Waals surface area contributed by atoms with Crippen LogP contribution in [0.3, 0.4) is 0 Å². The zero-order chi connectivity index (χ0) is 30.9. The summed E-state index contributed by atoms with van der Waals surface area (Å²) < 4.78 is 0. The number of benzene rings is 8. The van der Waals surface area contributed by atoms with Gasteiger partial charge in [-0.3, -0.25) is 4.98 Å². The molecular weight excluding hydrogens is 573 g/mol. The lowest BCUT2D eigenvalue weighted by Gasteiger charge is -2.19. The molecule has 2 heterocycles. The largest absolute Gasteiger partial charge is 0.256 e. The summed E-state index contributed by atoms with van der Waals surface area (Å²) in [5.74, 6) is 0. The van der Waals surface area contributed by atoms with Crippen LogP contribution in [0.1, 0.15) is 0 Å². The number of hydrogen-bond donors (Lipinski definition) is 0. The normalized spacial score (nSPS) is 11.8. The Morgan fingerprint density at radius 1 is 0.383 bits per heavy atom. The molecule has 0 bridgehead atoms. The SMILES string of the molecule is c1ccc2c(-c3c4ccccc4c(-c4cc5nn(-c6cccc7ncccc67)nc5c5ccccc45)c4ccccc34)cccc2c1. The van der Waals surface area contributed by atoms with Gasteiger partial charge in [-0.1, -0.05) is 121 Å². The van der Waals surface area contributed by atoms with Crippen LogP contribution in [0.25, 0.3) is 93.0 Å².